The Hall–Kier alpha value is 1.15. The minimum Gasteiger partial charge on any atom is -0.822 e. The zero-order chi connectivity index (χ0) is 14.7. The fourth-order valence-corrected chi connectivity index (χ4v) is 0.856. The van der Waals surface area contributed by atoms with Gasteiger partial charge in [0, 0.05) is 0 Å². The molecule has 0 saturated carbocycles. The molecule has 6 nitrogen and oxygen atoms in total. The number of phenolic OH excluding ortho intramolecular Hbond substituents is 2. The summed E-state index contributed by atoms with van der Waals surface area (Å²) in [5, 5.41) is 17.3. The summed E-state index contributed by atoms with van der Waals surface area (Å²) < 4.78 is 8.55. The van der Waals surface area contributed by atoms with Crippen LogP contribution in [0.3, 0.4) is 0 Å². The first kappa shape index (κ1) is 31.0. The normalized spacial score (nSPS) is 8.14. The Morgan fingerprint density at radius 3 is 0.909 bits per heavy atom. The molecule has 0 atom stereocenters. The first-order valence-corrected chi connectivity index (χ1v) is 6.46. The molecule has 0 fully saturated rings. The van der Waals surface area contributed by atoms with Gasteiger partial charge in [0.1, 0.15) is 11.5 Å². The molecule has 0 radical (unpaired) electrons. The summed E-state index contributed by atoms with van der Waals surface area (Å²) in [5.41, 5.74) is 0. The number of aromatic hydroxyl groups is 2. The van der Waals surface area contributed by atoms with Crippen molar-refractivity contribution in [1.82, 2.24) is 0 Å². The average molecular weight is 352 g/mol. The third-order valence-corrected chi connectivity index (χ3v) is 1.51. The molecule has 2 aromatic rings. The van der Waals surface area contributed by atoms with Crippen molar-refractivity contribution in [2.45, 2.75) is 0 Å². The maximum Gasteiger partial charge on any atom is 1.00 e. The van der Waals surface area contributed by atoms with Crippen LogP contribution < -0.4 is 103 Å². The van der Waals surface area contributed by atoms with Crippen LogP contribution in [0.25, 0.3) is 0 Å². The quantitative estimate of drug-likeness (QED) is 0.358. The van der Waals surface area contributed by atoms with E-state index in [1.165, 1.54) is 0 Å². The van der Waals surface area contributed by atoms with Gasteiger partial charge in [0.2, 0.25) is 0 Å². The second kappa shape index (κ2) is 18.5. The van der Waals surface area contributed by atoms with Crippen LogP contribution in [0.2, 0.25) is 0 Å². The van der Waals surface area contributed by atoms with Gasteiger partial charge >= 0.3 is 88.7 Å². The van der Waals surface area contributed by atoms with Crippen molar-refractivity contribution in [3.05, 3.63) is 60.7 Å². The standard InChI is InChI=1S/2C6H6O.3Na.H3O4P/c2*7-6-4-2-1-3-5-6;;;;1-5(2,3)4/h2*1-5,7H;;;;(H3,1,2,3,4)/q;;3*+1;/p-3. The molecule has 0 aromatic heterocycles. The van der Waals surface area contributed by atoms with Crippen molar-refractivity contribution < 1.29 is 118 Å². The zero-order valence-electron chi connectivity index (χ0n) is 12.7. The maximum atomic E-state index is 8.63. The SMILES string of the molecule is O=P([O-])([O-])[O-].Oc1ccccc1.Oc1ccccc1.[Na+].[Na+].[Na+]. The molecule has 0 aliphatic rings. The first-order chi connectivity index (χ1) is 8.79. The van der Waals surface area contributed by atoms with E-state index in [0.717, 1.165) is 0 Å². The summed E-state index contributed by atoms with van der Waals surface area (Å²) in [7, 11) is -5.39. The molecule has 0 aliphatic heterocycles. The van der Waals surface area contributed by atoms with Crippen molar-refractivity contribution >= 4 is 7.82 Å². The second-order valence-corrected chi connectivity index (χ2v) is 4.01. The monoisotopic (exact) mass is 352 g/mol. The molecule has 2 rings (SSSR count). The molecule has 0 heterocycles. The van der Waals surface area contributed by atoms with Crippen LogP contribution in [0, 0.1) is 0 Å². The van der Waals surface area contributed by atoms with E-state index in [1.54, 1.807) is 48.5 Å². The average Bonchev–Trinajstić information content (AvgIpc) is 2.29. The number of rotatable bonds is 0. The van der Waals surface area contributed by atoms with Crippen LogP contribution in [-0.2, 0) is 4.57 Å². The largest absolute Gasteiger partial charge is 1.00 e. The molecule has 0 spiro atoms. The predicted octanol–water partition coefficient (Wildman–Crippen LogP) is -9.03. The Morgan fingerprint density at radius 1 is 0.636 bits per heavy atom. The summed E-state index contributed by atoms with van der Waals surface area (Å²) in [6, 6.07) is 17.4. The number of hydrogen-bond acceptors (Lipinski definition) is 6. The summed E-state index contributed by atoms with van der Waals surface area (Å²) in [6.07, 6.45) is 0. The Kier molecular flexibility index (Phi) is 26.0. The number of benzene rings is 2. The van der Waals surface area contributed by atoms with Gasteiger partial charge < -0.3 is 29.5 Å². The number of hydrogen-bond donors (Lipinski definition) is 2. The predicted molar refractivity (Wildman–Crippen MR) is 63.8 cm³/mol. The van der Waals surface area contributed by atoms with E-state index in [1.807, 2.05) is 12.1 Å². The van der Waals surface area contributed by atoms with E-state index < -0.39 is 7.82 Å². The Labute approximate surface area is 195 Å². The molecule has 2 aromatic carbocycles. The van der Waals surface area contributed by atoms with Crippen molar-refractivity contribution in [1.29, 1.82) is 0 Å². The molecule has 2 N–H and O–H groups in total. The van der Waals surface area contributed by atoms with E-state index in [4.69, 9.17) is 29.5 Å². The number of para-hydroxylation sites is 2. The first-order valence-electron chi connectivity index (χ1n) is 5.00. The van der Waals surface area contributed by atoms with Crippen LogP contribution in [0.4, 0.5) is 0 Å². The van der Waals surface area contributed by atoms with Gasteiger partial charge in [-0.15, -0.1) is 0 Å². The van der Waals surface area contributed by atoms with Crippen LogP contribution in [-0.4, -0.2) is 10.2 Å². The van der Waals surface area contributed by atoms with E-state index in [-0.39, 0.29) is 88.7 Å². The van der Waals surface area contributed by atoms with Crippen molar-refractivity contribution in [2.75, 3.05) is 0 Å². The molecule has 0 saturated heterocycles. The van der Waals surface area contributed by atoms with Crippen LogP contribution in [0.5, 0.6) is 11.5 Å². The molecule has 0 unspecified atom stereocenters. The van der Waals surface area contributed by atoms with Gasteiger partial charge in [-0.1, -0.05) is 36.4 Å². The summed E-state index contributed by atoms with van der Waals surface area (Å²) in [4.78, 5) is 25.6. The molecule has 0 bridgehead atoms. The minimum atomic E-state index is -5.39. The molecule has 0 aliphatic carbocycles. The summed E-state index contributed by atoms with van der Waals surface area (Å²) >= 11 is 0. The molecule has 22 heavy (non-hydrogen) atoms. The molecule has 10 heteroatoms. The van der Waals surface area contributed by atoms with E-state index in [0.29, 0.717) is 11.5 Å². The molecule has 104 valence electrons. The summed E-state index contributed by atoms with van der Waals surface area (Å²) in [6.45, 7) is 0. The number of phenols is 2. The van der Waals surface area contributed by atoms with Crippen molar-refractivity contribution in [3.8, 4) is 11.5 Å². The second-order valence-electron chi connectivity index (χ2n) is 3.12. The van der Waals surface area contributed by atoms with E-state index in [2.05, 4.69) is 0 Å². The van der Waals surface area contributed by atoms with Gasteiger partial charge in [-0.05, 0) is 24.3 Å². The minimum absolute atomic E-state index is 0. The third-order valence-electron chi connectivity index (χ3n) is 1.51. The van der Waals surface area contributed by atoms with Gasteiger partial charge in [-0.25, -0.2) is 0 Å². The Balaban J connectivity index is -0.000000105. The maximum absolute atomic E-state index is 8.63. The smallest absolute Gasteiger partial charge is 0.822 e. The van der Waals surface area contributed by atoms with Gasteiger partial charge in [-0.3, -0.25) is 0 Å². The number of phosphoric acid groups is 1. The van der Waals surface area contributed by atoms with Gasteiger partial charge in [0.15, 0.2) is 0 Å². The van der Waals surface area contributed by atoms with Crippen molar-refractivity contribution in [2.24, 2.45) is 0 Å². The topological polar surface area (TPSA) is 127 Å². The fourth-order valence-electron chi connectivity index (χ4n) is 0.856. The molecule has 0 amide bonds. The molecular weight excluding hydrogens is 340 g/mol. The van der Waals surface area contributed by atoms with Gasteiger partial charge in [0.05, 0.1) is 0 Å². The summed E-state index contributed by atoms with van der Waals surface area (Å²) in [5.74, 6) is 0.644. The zero-order valence-corrected chi connectivity index (χ0v) is 19.6. The van der Waals surface area contributed by atoms with Crippen molar-refractivity contribution in [3.63, 3.8) is 0 Å². The van der Waals surface area contributed by atoms with Gasteiger partial charge in [-0.2, -0.15) is 7.82 Å². The molecular formula is C12H12Na3O6P. The van der Waals surface area contributed by atoms with Crippen LogP contribution >= 0.6 is 7.82 Å². The fraction of sp³-hybridized carbons (Fsp3) is 0. The van der Waals surface area contributed by atoms with E-state index >= 15 is 0 Å². The Bertz CT molecular complexity index is 449. The van der Waals surface area contributed by atoms with Crippen LogP contribution in [0.1, 0.15) is 0 Å². The Morgan fingerprint density at radius 2 is 0.818 bits per heavy atom. The van der Waals surface area contributed by atoms with E-state index in [9.17, 15) is 0 Å². The van der Waals surface area contributed by atoms with Gasteiger partial charge in [0.25, 0.3) is 0 Å². The third kappa shape index (κ3) is 29.2. The van der Waals surface area contributed by atoms with Crippen LogP contribution in [0.15, 0.2) is 60.7 Å².